The Kier molecular flexibility index (Phi) is 20.9. The van der Waals surface area contributed by atoms with E-state index in [1.165, 1.54) is 29.9 Å². The van der Waals surface area contributed by atoms with E-state index in [1.54, 1.807) is 64.8 Å². The molecule has 4 aliphatic heterocycles. The molecular weight excluding hydrogens is 1430 g/mol. The molecule has 0 radical (unpaired) electrons. The van der Waals surface area contributed by atoms with E-state index in [0.29, 0.717) is 44.2 Å². The maximum Gasteiger partial charge on any atom is 0.161 e. The van der Waals surface area contributed by atoms with Crippen LogP contribution in [0.15, 0.2) is 146 Å². The number of nitrogens with zero attached hydrogens (tertiary/aromatic N) is 4. The molecule has 428 valence electrons. The molecule has 0 amide bonds. The fraction of sp³-hybridized carbons (Fsp3) is 0.226. The highest BCUT2D eigenvalue weighted by Crippen LogP contribution is 2.38. The predicted molar refractivity (Wildman–Crippen MR) is 344 cm³/mol. The van der Waals surface area contributed by atoms with Crippen LogP contribution in [0.1, 0.15) is 33.4 Å². The Bertz CT molecular complexity index is 3300. The Morgan fingerprint density at radius 3 is 1.18 bits per heavy atom. The van der Waals surface area contributed by atoms with Crippen molar-refractivity contribution in [2.24, 2.45) is 0 Å². The van der Waals surface area contributed by atoms with Gasteiger partial charge in [0.2, 0.25) is 0 Å². The zero-order chi connectivity index (χ0) is 57.9. The first-order valence-corrected chi connectivity index (χ1v) is 29.7. The first-order chi connectivity index (χ1) is 39.6. The van der Waals surface area contributed by atoms with Crippen LogP contribution in [-0.2, 0) is 39.3 Å². The summed E-state index contributed by atoms with van der Waals surface area (Å²) in [5.41, 5.74) is 8.61. The molecule has 0 saturated carbocycles. The van der Waals surface area contributed by atoms with Crippen molar-refractivity contribution in [2.75, 3.05) is 65.2 Å². The van der Waals surface area contributed by atoms with Crippen LogP contribution in [0.3, 0.4) is 0 Å². The van der Waals surface area contributed by atoms with Gasteiger partial charge in [0.15, 0.2) is 36.5 Å². The van der Waals surface area contributed by atoms with Crippen molar-refractivity contribution in [3.63, 3.8) is 0 Å². The van der Waals surface area contributed by atoms with Gasteiger partial charge in [-0.25, -0.2) is 0 Å². The minimum absolute atomic E-state index is 0.136. The summed E-state index contributed by atoms with van der Waals surface area (Å²) in [4.78, 5) is 8.55. The number of halogens is 5. The molecule has 15 nitrogen and oxygen atoms in total. The smallest absolute Gasteiger partial charge is 0.161 e. The van der Waals surface area contributed by atoms with Crippen molar-refractivity contribution >= 4 is 102 Å². The van der Waals surface area contributed by atoms with E-state index in [9.17, 15) is 15.3 Å². The van der Waals surface area contributed by atoms with Gasteiger partial charge in [0.1, 0.15) is 53.7 Å². The van der Waals surface area contributed by atoms with E-state index in [0.717, 1.165) is 110 Å². The number of fused-ring (bicyclic) bond motifs is 4. The van der Waals surface area contributed by atoms with Crippen LogP contribution in [-0.4, -0.2) is 80.5 Å². The summed E-state index contributed by atoms with van der Waals surface area (Å²) in [5, 5.41) is 29.5. The molecule has 20 heteroatoms. The lowest BCUT2D eigenvalue weighted by Crippen LogP contribution is -2.32. The van der Waals surface area contributed by atoms with Crippen molar-refractivity contribution in [2.45, 2.75) is 39.3 Å². The molecule has 8 aromatic carbocycles. The number of benzene rings is 8. The summed E-state index contributed by atoms with van der Waals surface area (Å²) < 4.78 is 47.7. The lowest BCUT2D eigenvalue weighted by atomic mass is 10.1. The van der Waals surface area contributed by atoms with Crippen molar-refractivity contribution < 1.29 is 53.2 Å². The number of rotatable bonds is 10. The number of aromatic hydroxyl groups is 3. The number of phenolic OH excluding ortho intramolecular Hbond substituents is 3. The highest BCUT2D eigenvalue weighted by atomic mass is 127. The fourth-order valence-electron chi connectivity index (χ4n) is 9.37. The van der Waals surface area contributed by atoms with Crippen LogP contribution >= 0.6 is 91.0 Å². The van der Waals surface area contributed by atoms with Crippen LogP contribution < -0.4 is 47.7 Å². The molecule has 0 saturated heterocycles. The van der Waals surface area contributed by atoms with Crippen molar-refractivity contribution in [3.05, 3.63) is 200 Å². The van der Waals surface area contributed by atoms with E-state index in [2.05, 4.69) is 131 Å². The summed E-state index contributed by atoms with van der Waals surface area (Å²) in [6.07, 6.45) is 0. The highest BCUT2D eigenvalue weighted by Gasteiger charge is 2.23. The first kappa shape index (κ1) is 60.4. The average Bonchev–Trinajstić information content (AvgIpc) is 3.62. The van der Waals surface area contributed by atoms with Crippen molar-refractivity contribution in [1.29, 1.82) is 0 Å². The second kappa shape index (κ2) is 28.4. The minimum Gasteiger partial charge on any atom is -0.508 e. The van der Waals surface area contributed by atoms with Gasteiger partial charge in [-0.3, -0.25) is 9.80 Å². The molecule has 82 heavy (non-hydrogen) atoms. The van der Waals surface area contributed by atoms with Gasteiger partial charge in [0.05, 0.1) is 49.9 Å². The Morgan fingerprint density at radius 2 is 0.744 bits per heavy atom. The van der Waals surface area contributed by atoms with E-state index in [-0.39, 0.29) is 17.2 Å². The van der Waals surface area contributed by atoms with E-state index < -0.39 is 0 Å². The second-order valence-corrected chi connectivity index (χ2v) is 23.7. The summed E-state index contributed by atoms with van der Waals surface area (Å²) in [5.74, 6) is 6.92. The average molecular weight is 1490 g/mol. The second-order valence-electron chi connectivity index (χ2n) is 19.2. The van der Waals surface area contributed by atoms with Crippen molar-refractivity contribution in [3.8, 4) is 63.2 Å². The molecule has 0 aliphatic carbocycles. The first-order valence-electron chi connectivity index (χ1n) is 25.7. The largest absolute Gasteiger partial charge is 0.508 e. The minimum atomic E-state index is 0.136. The highest BCUT2D eigenvalue weighted by molar-refractivity contribution is 14.1. The molecule has 12 rings (SSSR count). The predicted octanol–water partition coefficient (Wildman–Crippen LogP) is 14.4. The lowest BCUT2D eigenvalue weighted by molar-refractivity contribution is 0.0883. The summed E-state index contributed by atoms with van der Waals surface area (Å²) in [6.45, 7) is 6.67. The zero-order valence-corrected chi connectivity index (χ0v) is 53.2. The Morgan fingerprint density at radius 1 is 0.390 bits per heavy atom. The number of hydrogen-bond acceptors (Lipinski definition) is 15. The van der Waals surface area contributed by atoms with Crippen LogP contribution in [0.25, 0.3) is 0 Å². The molecule has 8 aromatic rings. The maximum absolute atomic E-state index is 9.48. The van der Waals surface area contributed by atoms with Crippen LogP contribution in [0, 0.1) is 10.7 Å². The molecule has 0 spiro atoms. The molecule has 0 aromatic heterocycles. The van der Waals surface area contributed by atoms with Gasteiger partial charge in [0.25, 0.3) is 0 Å². The van der Waals surface area contributed by atoms with Gasteiger partial charge in [-0.1, -0.05) is 53.5 Å². The van der Waals surface area contributed by atoms with Gasteiger partial charge in [0, 0.05) is 90.4 Å². The van der Waals surface area contributed by atoms with E-state index >= 15 is 0 Å². The molecule has 0 bridgehead atoms. The van der Waals surface area contributed by atoms with Crippen LogP contribution in [0.4, 0.5) is 11.4 Å². The standard InChI is InChI=1S/C17H18INO3.C17H19NO4.C14H10ClI2NO.C14H12ClNO3/c1-20-15-6-3-12(7-17(15)21-2)9-19-10-13-4-5-14(18)8-16(13)22-11-19;1-20-15-6-3-12(7-17(15)21-2)9-18-10-13-4-5-14(19)8-16(13)22-11-18;15-12-5-10(16)3-4-13(12)18-7-9-1-2-11(17)6-14(9)19-8-18;15-12-5-10(17)3-4-13(12)16-7-9-1-2-11(18)6-14(9)19-8-16/h3-8H,9-11H2,1-2H3;3-8,19H,9-11H2,1-2H3;1-6H,7-8H2;1-6,17-18H,7-8H2. The van der Waals surface area contributed by atoms with E-state index in [1.807, 2.05) is 59.5 Å². The number of phenols is 3. The number of methoxy groups -OCH3 is 4. The fourth-order valence-corrected chi connectivity index (χ4v) is 11.6. The van der Waals surface area contributed by atoms with Crippen LogP contribution in [0.2, 0.25) is 10.0 Å². The summed E-state index contributed by atoms with van der Waals surface area (Å²) in [6, 6.07) is 45.8. The Hall–Kier alpha value is -6.15. The third-order valence-electron chi connectivity index (χ3n) is 13.5. The number of anilines is 2. The monoisotopic (exact) mass is 1490 g/mol. The third-order valence-corrected chi connectivity index (χ3v) is 16.1. The van der Waals surface area contributed by atoms with Gasteiger partial charge in [-0.2, -0.15) is 0 Å². The SMILES string of the molecule is COc1ccc(CN2COc3cc(I)ccc3C2)cc1OC.COc1ccc(CN2COc3cc(O)ccc3C2)cc1OC.Clc1cc(I)ccc1N1COc2cc(I)ccc2C1.Oc1ccc(N2COc3cc(O)ccc3C2)c(Cl)c1. The maximum atomic E-state index is 9.48. The zero-order valence-electron chi connectivity index (χ0n) is 45.2. The van der Waals surface area contributed by atoms with E-state index in [4.69, 9.17) is 61.1 Å². The summed E-state index contributed by atoms with van der Waals surface area (Å²) >= 11 is 19.3. The normalized spacial score (nSPS) is 14.0. The van der Waals surface area contributed by atoms with Crippen LogP contribution in [0.5, 0.6) is 63.2 Å². The van der Waals surface area contributed by atoms with Crippen molar-refractivity contribution in [1.82, 2.24) is 9.80 Å². The van der Waals surface area contributed by atoms with Gasteiger partial charge >= 0.3 is 0 Å². The Labute approximate surface area is 528 Å². The molecule has 4 heterocycles. The topological polar surface area (TPSA) is 147 Å². The summed E-state index contributed by atoms with van der Waals surface area (Å²) in [7, 11) is 6.56. The molecule has 4 aliphatic rings. The molecule has 3 N–H and O–H groups in total. The molecular formula is C62H59Cl2I3N4O11. The molecule has 0 fully saturated rings. The third kappa shape index (κ3) is 15.7. The lowest BCUT2D eigenvalue weighted by Gasteiger charge is -2.31. The number of ether oxygens (including phenoxy) is 8. The number of hydrogen-bond donors (Lipinski definition) is 3. The quantitative estimate of drug-likeness (QED) is 0.112. The molecule has 0 atom stereocenters. The molecule has 0 unspecified atom stereocenters. The van der Waals surface area contributed by atoms with Gasteiger partial charge < -0.3 is 63.0 Å². The van der Waals surface area contributed by atoms with Gasteiger partial charge in [-0.05, 0) is 176 Å². The van der Waals surface area contributed by atoms with Gasteiger partial charge in [-0.15, -0.1) is 0 Å². The Balaban J connectivity index is 0.000000132.